The maximum absolute atomic E-state index is 12.3. The van der Waals surface area contributed by atoms with E-state index < -0.39 is 16.1 Å². The molecule has 1 aliphatic heterocycles. The zero-order valence-corrected chi connectivity index (χ0v) is 11.6. The molecule has 8 nitrogen and oxygen atoms in total. The number of aromatic nitrogens is 4. The Kier molecular flexibility index (Phi) is 3.14. The molecule has 0 bridgehead atoms. The average molecular weight is 294 g/mol. The standard InChI is InChI=1S/C11H14N6O2S/c1-7(11-13-16-17-14-11)15-20(18,19)9-3-2-8-4-5-12-10(8)6-9/h2-3,6-7,12,15H,4-5H2,1H3,(H,13,14,16,17). The topological polar surface area (TPSA) is 113 Å². The van der Waals surface area contributed by atoms with Crippen molar-refractivity contribution in [3.63, 3.8) is 0 Å². The van der Waals surface area contributed by atoms with Crippen molar-refractivity contribution in [2.45, 2.75) is 24.3 Å². The summed E-state index contributed by atoms with van der Waals surface area (Å²) >= 11 is 0. The monoisotopic (exact) mass is 294 g/mol. The largest absolute Gasteiger partial charge is 0.384 e. The lowest BCUT2D eigenvalue weighted by Crippen LogP contribution is -2.27. The Morgan fingerprint density at radius 3 is 3.00 bits per heavy atom. The fourth-order valence-corrected chi connectivity index (χ4v) is 3.37. The second-order valence-electron chi connectivity index (χ2n) is 4.61. The van der Waals surface area contributed by atoms with Crippen LogP contribution in [0.15, 0.2) is 23.1 Å². The maximum atomic E-state index is 12.3. The Bertz CT molecular complexity index is 713. The highest BCUT2D eigenvalue weighted by atomic mass is 32.2. The molecule has 2 heterocycles. The first kappa shape index (κ1) is 13.0. The maximum Gasteiger partial charge on any atom is 0.241 e. The van der Waals surface area contributed by atoms with Gasteiger partial charge in [0.1, 0.15) is 0 Å². The van der Waals surface area contributed by atoms with Gasteiger partial charge in [0, 0.05) is 12.2 Å². The molecule has 0 spiro atoms. The molecule has 20 heavy (non-hydrogen) atoms. The van der Waals surface area contributed by atoms with Gasteiger partial charge >= 0.3 is 0 Å². The van der Waals surface area contributed by atoms with Gasteiger partial charge in [-0.05, 0) is 31.0 Å². The predicted octanol–water partition coefficient (Wildman–Crippen LogP) is 0.207. The molecule has 1 aliphatic rings. The highest BCUT2D eigenvalue weighted by Crippen LogP contribution is 2.25. The number of H-pyrrole nitrogens is 1. The summed E-state index contributed by atoms with van der Waals surface area (Å²) in [5.41, 5.74) is 2.01. The van der Waals surface area contributed by atoms with Crippen LogP contribution in [0, 0.1) is 0 Å². The van der Waals surface area contributed by atoms with Crippen LogP contribution in [0.2, 0.25) is 0 Å². The van der Waals surface area contributed by atoms with Crippen LogP contribution >= 0.6 is 0 Å². The molecule has 0 saturated heterocycles. The summed E-state index contributed by atoms with van der Waals surface area (Å²) in [6, 6.07) is 4.54. The third-order valence-electron chi connectivity index (χ3n) is 3.18. The molecule has 2 aromatic rings. The van der Waals surface area contributed by atoms with Crippen LogP contribution in [0.5, 0.6) is 0 Å². The van der Waals surface area contributed by atoms with E-state index in [0.717, 1.165) is 24.2 Å². The smallest absolute Gasteiger partial charge is 0.241 e. The van der Waals surface area contributed by atoms with E-state index >= 15 is 0 Å². The molecule has 3 rings (SSSR count). The molecular formula is C11H14N6O2S. The average Bonchev–Trinajstić information content (AvgIpc) is 3.08. The van der Waals surface area contributed by atoms with Gasteiger partial charge in [0.05, 0.1) is 10.9 Å². The van der Waals surface area contributed by atoms with Crippen LogP contribution in [-0.4, -0.2) is 35.6 Å². The van der Waals surface area contributed by atoms with E-state index in [2.05, 4.69) is 30.7 Å². The Labute approximate surface area is 116 Å². The predicted molar refractivity (Wildman–Crippen MR) is 71.5 cm³/mol. The van der Waals surface area contributed by atoms with E-state index in [-0.39, 0.29) is 4.90 Å². The van der Waals surface area contributed by atoms with Gasteiger partial charge in [-0.1, -0.05) is 11.3 Å². The molecule has 0 aliphatic carbocycles. The van der Waals surface area contributed by atoms with Gasteiger partial charge < -0.3 is 5.32 Å². The quantitative estimate of drug-likeness (QED) is 0.743. The molecule has 1 unspecified atom stereocenters. The number of benzene rings is 1. The molecule has 3 N–H and O–H groups in total. The number of sulfonamides is 1. The highest BCUT2D eigenvalue weighted by molar-refractivity contribution is 7.89. The van der Waals surface area contributed by atoms with E-state index in [1.165, 1.54) is 0 Å². The fourth-order valence-electron chi connectivity index (χ4n) is 2.14. The summed E-state index contributed by atoms with van der Waals surface area (Å²) in [5, 5.41) is 16.4. The lowest BCUT2D eigenvalue weighted by molar-refractivity contribution is 0.560. The Balaban J connectivity index is 1.85. The van der Waals surface area contributed by atoms with Gasteiger partial charge in [0.2, 0.25) is 10.0 Å². The zero-order valence-electron chi connectivity index (χ0n) is 10.8. The highest BCUT2D eigenvalue weighted by Gasteiger charge is 2.22. The third-order valence-corrected chi connectivity index (χ3v) is 4.72. The molecule has 9 heteroatoms. The van der Waals surface area contributed by atoms with E-state index in [4.69, 9.17) is 0 Å². The molecule has 1 aromatic heterocycles. The molecule has 0 amide bonds. The van der Waals surface area contributed by atoms with E-state index in [1.54, 1.807) is 19.1 Å². The summed E-state index contributed by atoms with van der Waals surface area (Å²) in [5.74, 6) is 0.299. The lowest BCUT2D eigenvalue weighted by atomic mass is 10.2. The van der Waals surface area contributed by atoms with Crippen molar-refractivity contribution >= 4 is 15.7 Å². The minimum Gasteiger partial charge on any atom is -0.384 e. The first-order valence-electron chi connectivity index (χ1n) is 6.19. The molecule has 1 atom stereocenters. The Morgan fingerprint density at radius 1 is 1.40 bits per heavy atom. The summed E-state index contributed by atoms with van der Waals surface area (Å²) < 4.78 is 27.2. The van der Waals surface area contributed by atoms with E-state index in [9.17, 15) is 8.42 Å². The number of hydrogen-bond donors (Lipinski definition) is 3. The van der Waals surface area contributed by atoms with Crippen molar-refractivity contribution in [1.29, 1.82) is 0 Å². The second-order valence-corrected chi connectivity index (χ2v) is 6.32. The molecule has 0 saturated carbocycles. The van der Waals surface area contributed by atoms with Crippen molar-refractivity contribution in [3.8, 4) is 0 Å². The second kappa shape index (κ2) is 4.84. The number of nitrogens with zero attached hydrogens (tertiary/aromatic N) is 3. The van der Waals surface area contributed by atoms with Crippen LogP contribution in [0.1, 0.15) is 24.4 Å². The number of fused-ring (bicyclic) bond motifs is 1. The summed E-state index contributed by atoms with van der Waals surface area (Å²) in [6.45, 7) is 2.50. The number of rotatable bonds is 4. The fraction of sp³-hybridized carbons (Fsp3) is 0.364. The normalized spacial score (nSPS) is 15.7. The molecule has 1 aromatic carbocycles. The van der Waals surface area contributed by atoms with Crippen molar-refractivity contribution in [1.82, 2.24) is 25.3 Å². The van der Waals surface area contributed by atoms with Crippen molar-refractivity contribution in [3.05, 3.63) is 29.6 Å². The van der Waals surface area contributed by atoms with Crippen LogP contribution < -0.4 is 10.0 Å². The number of tetrazole rings is 1. The van der Waals surface area contributed by atoms with Crippen LogP contribution in [0.4, 0.5) is 5.69 Å². The summed E-state index contributed by atoms with van der Waals surface area (Å²) in [6.07, 6.45) is 0.919. The van der Waals surface area contributed by atoms with Crippen LogP contribution in [0.25, 0.3) is 0 Å². The first-order valence-corrected chi connectivity index (χ1v) is 7.67. The molecule has 106 valence electrons. The van der Waals surface area contributed by atoms with Crippen molar-refractivity contribution in [2.24, 2.45) is 0 Å². The van der Waals surface area contributed by atoms with E-state index in [0.29, 0.717) is 5.82 Å². The molecule has 0 radical (unpaired) electrons. The SMILES string of the molecule is CC(NS(=O)(=O)c1ccc2c(c1)NCC2)c1nn[nH]n1. The van der Waals surface area contributed by atoms with Gasteiger partial charge in [0.25, 0.3) is 0 Å². The van der Waals surface area contributed by atoms with Gasteiger partial charge in [-0.3, -0.25) is 0 Å². The molecule has 0 fully saturated rings. The van der Waals surface area contributed by atoms with Gasteiger partial charge in [-0.15, -0.1) is 10.2 Å². The van der Waals surface area contributed by atoms with Crippen LogP contribution in [0.3, 0.4) is 0 Å². The van der Waals surface area contributed by atoms with Gasteiger partial charge in [0.15, 0.2) is 5.82 Å². The minimum absolute atomic E-state index is 0.223. The van der Waals surface area contributed by atoms with E-state index in [1.807, 2.05) is 6.07 Å². The van der Waals surface area contributed by atoms with Crippen molar-refractivity contribution in [2.75, 3.05) is 11.9 Å². The zero-order chi connectivity index (χ0) is 14.2. The third kappa shape index (κ3) is 2.37. The van der Waals surface area contributed by atoms with Gasteiger partial charge in [-0.25, -0.2) is 13.1 Å². The Morgan fingerprint density at radius 2 is 2.25 bits per heavy atom. The Hall–Kier alpha value is -2.00. The first-order chi connectivity index (χ1) is 9.56. The lowest BCUT2D eigenvalue weighted by Gasteiger charge is -2.11. The minimum atomic E-state index is -3.62. The summed E-state index contributed by atoms with van der Waals surface area (Å²) in [4.78, 5) is 0.223. The number of aromatic amines is 1. The summed E-state index contributed by atoms with van der Waals surface area (Å²) in [7, 11) is -3.62. The number of nitrogens with one attached hydrogen (secondary N) is 3. The van der Waals surface area contributed by atoms with Gasteiger partial charge in [-0.2, -0.15) is 5.21 Å². The number of hydrogen-bond acceptors (Lipinski definition) is 6. The molecular weight excluding hydrogens is 280 g/mol. The van der Waals surface area contributed by atoms with Crippen molar-refractivity contribution < 1.29 is 8.42 Å². The number of anilines is 1. The van der Waals surface area contributed by atoms with Crippen LogP contribution in [-0.2, 0) is 16.4 Å².